The number of rotatable bonds is 3. The summed E-state index contributed by atoms with van der Waals surface area (Å²) in [5.41, 5.74) is 2.57. The van der Waals surface area contributed by atoms with E-state index < -0.39 is 11.1 Å². The van der Waals surface area contributed by atoms with Gasteiger partial charge in [0.05, 0.1) is 16.1 Å². The molecule has 0 saturated heterocycles. The number of nitro benzene ring substituents is 1. The van der Waals surface area contributed by atoms with Crippen LogP contribution >= 0.6 is 11.3 Å². The van der Waals surface area contributed by atoms with Gasteiger partial charge in [0.2, 0.25) is 0 Å². The monoisotopic (exact) mass is 451 g/mol. The summed E-state index contributed by atoms with van der Waals surface area (Å²) in [6, 6.07) is 9.92. The average molecular weight is 452 g/mol. The molecule has 2 unspecified atom stereocenters. The zero-order valence-electron chi connectivity index (χ0n) is 18.2. The molecular weight excluding hydrogens is 426 g/mol. The standard InChI is InChI=1S/C24H25N3O4S/c1-24(2,3)13-8-9-15-19(12-13)32-23-20(15)22(28)25-21(26-23)18-11-10-17(31-18)14-6-4-5-7-16(14)27(29)30/h4-7,10-11,13,21,26H,8-9,12H2,1-3H3,(H,25,28). The topological polar surface area (TPSA) is 97.4 Å². The van der Waals surface area contributed by atoms with Crippen LogP contribution in [-0.4, -0.2) is 10.8 Å². The van der Waals surface area contributed by atoms with Crippen molar-refractivity contribution in [3.05, 3.63) is 68.3 Å². The van der Waals surface area contributed by atoms with Gasteiger partial charge in [-0.25, -0.2) is 0 Å². The van der Waals surface area contributed by atoms with E-state index in [0.29, 0.717) is 23.0 Å². The first-order chi connectivity index (χ1) is 15.2. The molecule has 32 heavy (non-hydrogen) atoms. The van der Waals surface area contributed by atoms with Crippen LogP contribution in [0.15, 0.2) is 40.8 Å². The van der Waals surface area contributed by atoms with Gasteiger partial charge in [-0.2, -0.15) is 0 Å². The molecule has 2 N–H and O–H groups in total. The second-order valence-electron chi connectivity index (χ2n) is 9.54. The zero-order valence-corrected chi connectivity index (χ0v) is 19.0. The summed E-state index contributed by atoms with van der Waals surface area (Å²) in [5.74, 6) is 1.41. The van der Waals surface area contributed by atoms with Crippen LogP contribution < -0.4 is 10.6 Å². The van der Waals surface area contributed by atoms with E-state index >= 15 is 0 Å². The van der Waals surface area contributed by atoms with Crippen LogP contribution in [0.1, 0.15) is 59.9 Å². The lowest BCUT2D eigenvalue weighted by Crippen LogP contribution is -2.38. The molecule has 5 rings (SSSR count). The predicted molar refractivity (Wildman–Crippen MR) is 124 cm³/mol. The summed E-state index contributed by atoms with van der Waals surface area (Å²) in [6.45, 7) is 6.84. The molecule has 0 fully saturated rings. The zero-order chi connectivity index (χ0) is 22.6. The number of carbonyl (C=O) groups is 1. The Morgan fingerprint density at radius 2 is 1.94 bits per heavy atom. The number of nitrogens with one attached hydrogen (secondary N) is 2. The van der Waals surface area contributed by atoms with E-state index in [-0.39, 0.29) is 17.0 Å². The lowest BCUT2D eigenvalue weighted by Gasteiger charge is -2.34. The normalized spacial score (nSPS) is 20.2. The second-order valence-corrected chi connectivity index (χ2v) is 10.6. The Hall–Kier alpha value is -3.13. The number of hydrogen-bond donors (Lipinski definition) is 2. The molecule has 166 valence electrons. The van der Waals surface area contributed by atoms with Gasteiger partial charge in [0, 0.05) is 10.9 Å². The molecule has 3 aromatic rings. The van der Waals surface area contributed by atoms with Crippen LogP contribution in [0.4, 0.5) is 10.7 Å². The second kappa shape index (κ2) is 7.48. The Morgan fingerprint density at radius 3 is 2.69 bits per heavy atom. The van der Waals surface area contributed by atoms with E-state index in [2.05, 4.69) is 31.4 Å². The molecular formula is C24H25N3O4S. The highest BCUT2D eigenvalue weighted by atomic mass is 32.1. The molecule has 1 amide bonds. The summed E-state index contributed by atoms with van der Waals surface area (Å²) in [4.78, 5) is 25.3. The number of hydrogen-bond acceptors (Lipinski definition) is 6. The van der Waals surface area contributed by atoms with Gasteiger partial charge >= 0.3 is 0 Å². The van der Waals surface area contributed by atoms with Crippen LogP contribution in [-0.2, 0) is 12.8 Å². The van der Waals surface area contributed by atoms with Crippen LogP contribution in [0.2, 0.25) is 0 Å². The molecule has 1 aliphatic heterocycles. The number of nitro groups is 1. The van der Waals surface area contributed by atoms with Gasteiger partial charge in [-0.3, -0.25) is 14.9 Å². The Balaban J connectivity index is 1.43. The highest BCUT2D eigenvalue weighted by Gasteiger charge is 2.37. The Kier molecular flexibility index (Phi) is 4.85. The summed E-state index contributed by atoms with van der Waals surface area (Å²) < 4.78 is 5.95. The third-order valence-corrected chi connectivity index (χ3v) is 7.73. The van der Waals surface area contributed by atoms with Gasteiger partial charge in [-0.15, -0.1) is 11.3 Å². The van der Waals surface area contributed by atoms with Crippen molar-refractivity contribution in [2.24, 2.45) is 11.3 Å². The minimum Gasteiger partial charge on any atom is -0.457 e. The Labute approximate surface area is 190 Å². The van der Waals surface area contributed by atoms with Crippen LogP contribution in [0.3, 0.4) is 0 Å². The molecule has 8 heteroatoms. The van der Waals surface area contributed by atoms with E-state index in [1.165, 1.54) is 16.5 Å². The van der Waals surface area contributed by atoms with Crippen molar-refractivity contribution in [2.45, 2.75) is 46.2 Å². The highest BCUT2D eigenvalue weighted by molar-refractivity contribution is 7.16. The molecule has 0 spiro atoms. The number of anilines is 1. The largest absolute Gasteiger partial charge is 0.457 e. The first-order valence-corrected chi connectivity index (χ1v) is 11.6. The van der Waals surface area contributed by atoms with Gasteiger partial charge in [0.25, 0.3) is 11.6 Å². The molecule has 7 nitrogen and oxygen atoms in total. The van der Waals surface area contributed by atoms with E-state index in [1.54, 1.807) is 41.7 Å². The van der Waals surface area contributed by atoms with Crippen molar-refractivity contribution in [2.75, 3.05) is 5.32 Å². The smallest absolute Gasteiger partial charge is 0.280 e. The number of para-hydroxylation sites is 1. The molecule has 2 atom stereocenters. The SMILES string of the molecule is CC(C)(C)C1CCc2c(sc3c2C(=O)NC(c2ccc(-c4ccccc4[N+](=O)[O-])o2)N3)C1. The minimum atomic E-state index is -0.523. The van der Waals surface area contributed by atoms with Crippen molar-refractivity contribution in [3.8, 4) is 11.3 Å². The number of furan rings is 1. The summed E-state index contributed by atoms with van der Waals surface area (Å²) in [7, 11) is 0. The maximum Gasteiger partial charge on any atom is 0.280 e. The molecule has 1 aliphatic carbocycles. The third kappa shape index (κ3) is 3.48. The van der Waals surface area contributed by atoms with Crippen molar-refractivity contribution >= 4 is 27.9 Å². The Morgan fingerprint density at radius 1 is 1.16 bits per heavy atom. The van der Waals surface area contributed by atoms with E-state index in [0.717, 1.165) is 29.8 Å². The quantitative estimate of drug-likeness (QED) is 0.380. The minimum absolute atomic E-state index is 0.0179. The first-order valence-electron chi connectivity index (χ1n) is 10.8. The van der Waals surface area contributed by atoms with Crippen LogP contribution in [0.5, 0.6) is 0 Å². The number of thiophene rings is 1. The fraction of sp³-hybridized carbons (Fsp3) is 0.375. The molecule has 0 saturated carbocycles. The first kappa shape index (κ1) is 20.8. The van der Waals surface area contributed by atoms with Crippen LogP contribution in [0, 0.1) is 21.4 Å². The number of carbonyl (C=O) groups excluding carboxylic acids is 1. The fourth-order valence-corrected chi connectivity index (χ4v) is 6.03. The molecule has 0 bridgehead atoms. The van der Waals surface area contributed by atoms with Crippen molar-refractivity contribution in [3.63, 3.8) is 0 Å². The number of benzene rings is 1. The molecule has 2 aromatic heterocycles. The van der Waals surface area contributed by atoms with E-state index in [4.69, 9.17) is 4.42 Å². The summed E-state index contributed by atoms with van der Waals surface area (Å²) >= 11 is 1.67. The van der Waals surface area contributed by atoms with Crippen LogP contribution in [0.25, 0.3) is 11.3 Å². The summed E-state index contributed by atoms with van der Waals surface area (Å²) in [5, 5.41) is 18.7. The summed E-state index contributed by atoms with van der Waals surface area (Å²) in [6.07, 6.45) is 2.49. The van der Waals surface area contributed by atoms with Crippen molar-refractivity contribution in [1.29, 1.82) is 0 Å². The average Bonchev–Trinajstić information content (AvgIpc) is 3.37. The molecule has 1 aromatic carbocycles. The lowest BCUT2D eigenvalue weighted by molar-refractivity contribution is -0.384. The molecule has 3 heterocycles. The number of amides is 1. The number of nitrogens with zero attached hydrogens (tertiary/aromatic N) is 1. The Bertz CT molecular complexity index is 1220. The maximum absolute atomic E-state index is 13.0. The van der Waals surface area contributed by atoms with E-state index in [1.807, 2.05) is 0 Å². The third-order valence-electron chi connectivity index (χ3n) is 6.55. The lowest BCUT2D eigenvalue weighted by atomic mass is 9.72. The van der Waals surface area contributed by atoms with Crippen molar-refractivity contribution < 1.29 is 14.1 Å². The van der Waals surface area contributed by atoms with Gasteiger partial charge in [-0.1, -0.05) is 32.9 Å². The van der Waals surface area contributed by atoms with Gasteiger partial charge in [0.15, 0.2) is 6.17 Å². The van der Waals surface area contributed by atoms with Gasteiger partial charge < -0.3 is 15.1 Å². The number of fused-ring (bicyclic) bond motifs is 3. The highest BCUT2D eigenvalue weighted by Crippen LogP contribution is 2.46. The van der Waals surface area contributed by atoms with Gasteiger partial charge in [-0.05, 0) is 54.4 Å². The predicted octanol–water partition coefficient (Wildman–Crippen LogP) is 5.92. The van der Waals surface area contributed by atoms with Gasteiger partial charge in [0.1, 0.15) is 16.5 Å². The fourth-order valence-electron chi connectivity index (χ4n) is 4.67. The maximum atomic E-state index is 13.0. The van der Waals surface area contributed by atoms with E-state index in [9.17, 15) is 14.9 Å². The van der Waals surface area contributed by atoms with Crippen molar-refractivity contribution in [1.82, 2.24) is 5.32 Å². The molecule has 0 radical (unpaired) electrons. The molecule has 2 aliphatic rings.